The molecule has 0 bridgehead atoms. The summed E-state index contributed by atoms with van der Waals surface area (Å²) >= 11 is 9.16. The monoisotopic (exact) mass is 371 g/mol. The van der Waals surface area contributed by atoms with E-state index in [1.54, 1.807) is 18.2 Å². The predicted molar refractivity (Wildman–Crippen MR) is 82.5 cm³/mol. The molecule has 1 N–H and O–H groups in total. The van der Waals surface area contributed by atoms with Gasteiger partial charge in [-0.2, -0.15) is 0 Å². The maximum atomic E-state index is 11.0. The first-order valence-corrected chi connectivity index (χ1v) is 7.13. The average molecular weight is 373 g/mol. The molecule has 2 aromatic carbocycles. The molecule has 0 fully saturated rings. The number of halogens is 2. The van der Waals surface area contributed by atoms with Gasteiger partial charge in [-0.25, -0.2) is 0 Å². The largest absolute Gasteiger partial charge is 0.488 e. The SMILES string of the molecule is O=[N+]([O-])c1ccc(Cl)cc1COc1ccc(Br)cc1CO. The normalized spacial score (nSPS) is 10.4. The van der Waals surface area contributed by atoms with E-state index in [2.05, 4.69) is 15.9 Å². The van der Waals surface area contributed by atoms with Crippen molar-refractivity contribution < 1.29 is 14.8 Å². The first-order valence-electron chi connectivity index (χ1n) is 5.96. The van der Waals surface area contributed by atoms with E-state index in [-0.39, 0.29) is 18.9 Å². The molecule has 0 aliphatic heterocycles. The molecule has 110 valence electrons. The summed E-state index contributed by atoms with van der Waals surface area (Å²) in [5, 5.41) is 20.7. The fourth-order valence-electron chi connectivity index (χ4n) is 1.82. The standard InChI is InChI=1S/C14H11BrClNO4/c15-11-1-4-14(9(5-11)7-18)21-8-10-6-12(16)2-3-13(10)17(19)20/h1-6,18H,7-8H2. The molecule has 0 radical (unpaired) electrons. The summed E-state index contributed by atoms with van der Waals surface area (Å²) < 4.78 is 6.38. The fraction of sp³-hybridized carbons (Fsp3) is 0.143. The highest BCUT2D eigenvalue weighted by atomic mass is 79.9. The third-order valence-corrected chi connectivity index (χ3v) is 3.54. The van der Waals surface area contributed by atoms with Crippen LogP contribution in [0.1, 0.15) is 11.1 Å². The van der Waals surface area contributed by atoms with Gasteiger partial charge >= 0.3 is 0 Å². The molecule has 21 heavy (non-hydrogen) atoms. The molecule has 7 heteroatoms. The fourth-order valence-corrected chi connectivity index (χ4v) is 2.42. The zero-order chi connectivity index (χ0) is 15.4. The van der Waals surface area contributed by atoms with Crippen molar-refractivity contribution in [1.82, 2.24) is 0 Å². The van der Waals surface area contributed by atoms with E-state index in [9.17, 15) is 15.2 Å². The zero-order valence-electron chi connectivity index (χ0n) is 10.8. The molecule has 0 aliphatic rings. The van der Waals surface area contributed by atoms with Crippen molar-refractivity contribution in [3.63, 3.8) is 0 Å². The van der Waals surface area contributed by atoms with Crippen molar-refractivity contribution in [3.8, 4) is 5.75 Å². The van der Waals surface area contributed by atoms with Gasteiger partial charge in [0.2, 0.25) is 0 Å². The van der Waals surface area contributed by atoms with Crippen LogP contribution in [0.3, 0.4) is 0 Å². The lowest BCUT2D eigenvalue weighted by atomic mass is 10.2. The molecule has 0 aromatic heterocycles. The van der Waals surface area contributed by atoms with Gasteiger partial charge in [0.25, 0.3) is 5.69 Å². The van der Waals surface area contributed by atoms with Gasteiger partial charge in [0.05, 0.1) is 17.1 Å². The van der Waals surface area contributed by atoms with Crippen molar-refractivity contribution in [1.29, 1.82) is 0 Å². The maximum absolute atomic E-state index is 11.0. The Morgan fingerprint density at radius 3 is 2.67 bits per heavy atom. The van der Waals surface area contributed by atoms with Crippen LogP contribution in [0.2, 0.25) is 5.02 Å². The first kappa shape index (κ1) is 15.8. The van der Waals surface area contributed by atoms with Crippen molar-refractivity contribution in [2.45, 2.75) is 13.2 Å². The molecule has 5 nitrogen and oxygen atoms in total. The molecular formula is C14H11BrClNO4. The first-order chi connectivity index (χ1) is 10.0. The highest BCUT2D eigenvalue weighted by Crippen LogP contribution is 2.27. The molecule has 0 heterocycles. The Morgan fingerprint density at radius 1 is 1.24 bits per heavy atom. The number of aliphatic hydroxyl groups excluding tert-OH is 1. The van der Waals surface area contributed by atoms with Crippen LogP contribution in [0, 0.1) is 10.1 Å². The summed E-state index contributed by atoms with van der Waals surface area (Å²) in [5.74, 6) is 0.468. The van der Waals surface area contributed by atoms with E-state index in [1.807, 2.05) is 0 Å². The summed E-state index contributed by atoms with van der Waals surface area (Å²) in [6.07, 6.45) is 0. The number of nitrogens with zero attached hydrogens (tertiary/aromatic N) is 1. The van der Waals surface area contributed by atoms with E-state index < -0.39 is 4.92 Å². The van der Waals surface area contributed by atoms with Gasteiger partial charge < -0.3 is 9.84 Å². The Balaban J connectivity index is 2.24. The second-order valence-corrected chi connectivity index (χ2v) is 5.58. The van der Waals surface area contributed by atoms with Crippen LogP contribution in [0.15, 0.2) is 40.9 Å². The predicted octanol–water partition coefficient (Wildman–Crippen LogP) is 4.08. The van der Waals surface area contributed by atoms with Crippen molar-refractivity contribution in [2.75, 3.05) is 0 Å². The topological polar surface area (TPSA) is 72.6 Å². The minimum Gasteiger partial charge on any atom is -0.488 e. The van der Waals surface area contributed by atoms with E-state index in [0.29, 0.717) is 21.9 Å². The van der Waals surface area contributed by atoms with Crippen molar-refractivity contribution >= 4 is 33.2 Å². The highest BCUT2D eigenvalue weighted by Gasteiger charge is 2.15. The average Bonchev–Trinajstić information content (AvgIpc) is 2.45. The van der Waals surface area contributed by atoms with Crippen LogP contribution >= 0.6 is 27.5 Å². The van der Waals surface area contributed by atoms with Crippen molar-refractivity contribution in [3.05, 3.63) is 67.1 Å². The highest BCUT2D eigenvalue weighted by molar-refractivity contribution is 9.10. The lowest BCUT2D eigenvalue weighted by Crippen LogP contribution is -2.02. The number of benzene rings is 2. The number of ether oxygens (including phenoxy) is 1. The Labute approximate surface area is 134 Å². The Bertz CT molecular complexity index is 678. The van der Waals surface area contributed by atoms with Gasteiger partial charge in [0.15, 0.2) is 0 Å². The summed E-state index contributed by atoms with van der Waals surface area (Å²) in [6, 6.07) is 9.48. The second kappa shape index (κ2) is 6.89. The number of nitro benzene ring substituents is 1. The minimum absolute atomic E-state index is 0.00843. The lowest BCUT2D eigenvalue weighted by Gasteiger charge is -2.11. The molecule has 0 unspecified atom stereocenters. The van der Waals surface area contributed by atoms with Crippen LogP contribution < -0.4 is 4.74 Å². The van der Waals surface area contributed by atoms with Gasteiger partial charge in [0.1, 0.15) is 12.4 Å². The van der Waals surface area contributed by atoms with Gasteiger partial charge in [-0.05, 0) is 30.3 Å². The van der Waals surface area contributed by atoms with Gasteiger partial charge in [-0.15, -0.1) is 0 Å². The molecule has 2 aromatic rings. The van der Waals surface area contributed by atoms with Crippen LogP contribution in [-0.4, -0.2) is 10.0 Å². The smallest absolute Gasteiger partial charge is 0.276 e. The lowest BCUT2D eigenvalue weighted by molar-refractivity contribution is -0.385. The van der Waals surface area contributed by atoms with E-state index in [4.69, 9.17) is 16.3 Å². The van der Waals surface area contributed by atoms with E-state index >= 15 is 0 Å². The number of rotatable bonds is 5. The van der Waals surface area contributed by atoms with Gasteiger partial charge in [-0.1, -0.05) is 27.5 Å². The van der Waals surface area contributed by atoms with Crippen LogP contribution in [0.25, 0.3) is 0 Å². The Hall–Kier alpha value is -1.63. The third kappa shape index (κ3) is 3.93. The maximum Gasteiger partial charge on any atom is 0.276 e. The second-order valence-electron chi connectivity index (χ2n) is 4.23. The number of hydrogen-bond acceptors (Lipinski definition) is 4. The van der Waals surface area contributed by atoms with E-state index in [1.165, 1.54) is 18.2 Å². The summed E-state index contributed by atoms with van der Waals surface area (Å²) in [5.41, 5.74) is 0.912. The van der Waals surface area contributed by atoms with E-state index in [0.717, 1.165) is 4.47 Å². The third-order valence-electron chi connectivity index (χ3n) is 2.81. The van der Waals surface area contributed by atoms with Crippen LogP contribution in [0.5, 0.6) is 5.75 Å². The quantitative estimate of drug-likeness (QED) is 0.634. The Kier molecular flexibility index (Phi) is 5.17. The number of hydrogen-bond donors (Lipinski definition) is 1. The summed E-state index contributed by atoms with van der Waals surface area (Å²) in [4.78, 5) is 10.5. The minimum atomic E-state index is -0.483. The molecule has 0 spiro atoms. The van der Waals surface area contributed by atoms with Crippen LogP contribution in [0.4, 0.5) is 5.69 Å². The molecule has 0 amide bonds. The number of aliphatic hydroxyl groups is 1. The summed E-state index contributed by atoms with van der Waals surface area (Å²) in [6.45, 7) is -0.197. The summed E-state index contributed by atoms with van der Waals surface area (Å²) in [7, 11) is 0. The Morgan fingerprint density at radius 2 is 2.00 bits per heavy atom. The van der Waals surface area contributed by atoms with Gasteiger partial charge in [-0.3, -0.25) is 10.1 Å². The molecule has 0 atom stereocenters. The van der Waals surface area contributed by atoms with Crippen LogP contribution in [-0.2, 0) is 13.2 Å². The van der Waals surface area contributed by atoms with Crippen molar-refractivity contribution in [2.24, 2.45) is 0 Å². The molecular weight excluding hydrogens is 362 g/mol. The van der Waals surface area contributed by atoms with Gasteiger partial charge in [0, 0.05) is 21.1 Å². The zero-order valence-corrected chi connectivity index (χ0v) is 13.1. The number of nitro groups is 1. The molecule has 2 rings (SSSR count). The molecule has 0 saturated heterocycles. The molecule has 0 aliphatic carbocycles. The molecule has 0 saturated carbocycles.